The maximum atomic E-state index is 12.5. The van der Waals surface area contributed by atoms with Crippen molar-refractivity contribution in [3.8, 4) is 0 Å². The number of aryl methyl sites for hydroxylation is 1. The lowest BCUT2D eigenvalue weighted by Crippen LogP contribution is -2.59. The molecule has 0 aliphatic carbocycles. The first-order chi connectivity index (χ1) is 13.0. The Morgan fingerprint density at radius 2 is 2.00 bits per heavy atom. The van der Waals surface area contributed by atoms with Crippen molar-refractivity contribution in [1.29, 1.82) is 0 Å². The number of rotatable bonds is 5. The molecule has 6 heteroatoms. The number of hydrogen-bond donors (Lipinski definition) is 0. The molecule has 4 rings (SSSR count). The zero-order chi connectivity index (χ0) is 19.0. The van der Waals surface area contributed by atoms with Crippen molar-refractivity contribution >= 4 is 5.91 Å². The molecule has 144 valence electrons. The minimum Gasteiger partial charge on any atom is -0.341 e. The molecule has 0 saturated carbocycles. The normalized spacial score (nSPS) is 21.8. The molecule has 0 radical (unpaired) electrons. The van der Waals surface area contributed by atoms with Crippen LogP contribution in [0.3, 0.4) is 0 Å². The SMILES string of the molecule is CC(C)c1nc([C@@H]2CC3(CN(C(=O)CCc4ccccc4)C3)CN2C)no1. The zero-order valence-corrected chi connectivity index (χ0v) is 16.4. The topological polar surface area (TPSA) is 62.5 Å². The first-order valence-electron chi connectivity index (χ1n) is 9.81. The average Bonchev–Trinajstić information content (AvgIpc) is 3.24. The molecule has 1 aromatic heterocycles. The van der Waals surface area contributed by atoms with E-state index in [4.69, 9.17) is 4.52 Å². The number of likely N-dealkylation sites (tertiary alicyclic amines) is 2. The third-order valence-electron chi connectivity index (χ3n) is 5.87. The van der Waals surface area contributed by atoms with Crippen LogP contribution in [0.2, 0.25) is 0 Å². The van der Waals surface area contributed by atoms with E-state index in [0.717, 1.165) is 38.3 Å². The number of hydrogen-bond acceptors (Lipinski definition) is 5. The Labute approximate surface area is 160 Å². The van der Waals surface area contributed by atoms with Crippen molar-refractivity contribution in [2.24, 2.45) is 5.41 Å². The van der Waals surface area contributed by atoms with Gasteiger partial charge >= 0.3 is 0 Å². The maximum absolute atomic E-state index is 12.5. The van der Waals surface area contributed by atoms with Gasteiger partial charge in [0.05, 0.1) is 6.04 Å². The Kier molecular flexibility index (Phi) is 4.76. The van der Waals surface area contributed by atoms with Crippen molar-refractivity contribution in [2.45, 2.75) is 45.1 Å². The van der Waals surface area contributed by atoms with E-state index in [1.807, 2.05) is 23.1 Å². The summed E-state index contributed by atoms with van der Waals surface area (Å²) in [5.74, 6) is 1.99. The van der Waals surface area contributed by atoms with Crippen LogP contribution < -0.4 is 0 Å². The lowest BCUT2D eigenvalue weighted by molar-refractivity contribution is -0.142. The second kappa shape index (κ2) is 7.08. The minimum absolute atomic E-state index is 0.181. The van der Waals surface area contributed by atoms with Gasteiger partial charge in [-0.05, 0) is 25.5 Å². The van der Waals surface area contributed by atoms with Crippen molar-refractivity contribution in [3.05, 3.63) is 47.6 Å². The van der Waals surface area contributed by atoms with Gasteiger partial charge in [-0.1, -0.05) is 49.3 Å². The highest BCUT2D eigenvalue weighted by Gasteiger charge is 2.52. The van der Waals surface area contributed by atoms with E-state index in [9.17, 15) is 4.79 Å². The second-order valence-electron chi connectivity index (χ2n) is 8.52. The molecule has 2 saturated heterocycles. The quantitative estimate of drug-likeness (QED) is 0.812. The lowest BCUT2D eigenvalue weighted by Gasteiger charge is -2.48. The van der Waals surface area contributed by atoms with Crippen LogP contribution in [0.15, 0.2) is 34.9 Å². The highest BCUT2D eigenvalue weighted by Crippen LogP contribution is 2.47. The molecule has 3 heterocycles. The molecular weight excluding hydrogens is 340 g/mol. The molecule has 1 atom stereocenters. The van der Waals surface area contributed by atoms with Crippen LogP contribution in [-0.2, 0) is 11.2 Å². The Bertz CT molecular complexity index is 796. The van der Waals surface area contributed by atoms with E-state index in [1.165, 1.54) is 5.56 Å². The molecule has 2 aromatic rings. The van der Waals surface area contributed by atoms with Gasteiger partial charge < -0.3 is 9.42 Å². The van der Waals surface area contributed by atoms with E-state index < -0.39 is 0 Å². The highest BCUT2D eigenvalue weighted by molar-refractivity contribution is 5.77. The molecule has 0 N–H and O–H groups in total. The predicted octanol–water partition coefficient (Wildman–Crippen LogP) is 3.03. The number of carbonyl (C=O) groups is 1. The summed E-state index contributed by atoms with van der Waals surface area (Å²) in [4.78, 5) is 21.4. The van der Waals surface area contributed by atoms with Crippen molar-refractivity contribution in [3.63, 3.8) is 0 Å². The van der Waals surface area contributed by atoms with Gasteiger partial charge in [-0.2, -0.15) is 4.98 Å². The van der Waals surface area contributed by atoms with E-state index in [1.54, 1.807) is 0 Å². The fourth-order valence-corrected chi connectivity index (χ4v) is 4.40. The standard InChI is InChI=1S/C21H28N4O2/c1-15(2)20-22-19(23-27-20)17-11-21(12-24(17)3)13-25(14-21)18(26)10-9-16-7-5-4-6-8-16/h4-8,15,17H,9-14H2,1-3H3/t17-/m0/s1. The molecular formula is C21H28N4O2. The first kappa shape index (κ1) is 18.2. The summed E-state index contributed by atoms with van der Waals surface area (Å²) in [5.41, 5.74) is 1.40. The highest BCUT2D eigenvalue weighted by atomic mass is 16.5. The second-order valence-corrected chi connectivity index (χ2v) is 8.52. The molecule has 0 unspecified atom stereocenters. The van der Waals surface area contributed by atoms with Gasteiger partial charge in [-0.15, -0.1) is 0 Å². The summed E-state index contributed by atoms with van der Waals surface area (Å²) >= 11 is 0. The monoisotopic (exact) mass is 368 g/mol. The Balaban J connectivity index is 1.32. The minimum atomic E-state index is 0.181. The Morgan fingerprint density at radius 1 is 1.26 bits per heavy atom. The van der Waals surface area contributed by atoms with Gasteiger partial charge in [0.15, 0.2) is 5.82 Å². The molecule has 2 aliphatic rings. The van der Waals surface area contributed by atoms with Crippen molar-refractivity contribution in [2.75, 3.05) is 26.7 Å². The number of amides is 1. The third kappa shape index (κ3) is 3.63. The van der Waals surface area contributed by atoms with Gasteiger partial charge in [-0.3, -0.25) is 9.69 Å². The van der Waals surface area contributed by atoms with Crippen LogP contribution in [0.25, 0.3) is 0 Å². The first-order valence-corrected chi connectivity index (χ1v) is 9.81. The number of carbonyl (C=O) groups excluding carboxylic acids is 1. The van der Waals surface area contributed by atoms with Crippen LogP contribution in [0.5, 0.6) is 0 Å². The van der Waals surface area contributed by atoms with E-state index >= 15 is 0 Å². The van der Waals surface area contributed by atoms with Crippen LogP contribution in [0.1, 0.15) is 55.9 Å². The van der Waals surface area contributed by atoms with E-state index in [2.05, 4.69) is 48.1 Å². The van der Waals surface area contributed by atoms with Crippen LogP contribution in [-0.4, -0.2) is 52.5 Å². The summed E-state index contributed by atoms with van der Waals surface area (Å²) in [6.07, 6.45) is 2.39. The summed E-state index contributed by atoms with van der Waals surface area (Å²) < 4.78 is 5.39. The summed E-state index contributed by atoms with van der Waals surface area (Å²) in [7, 11) is 2.12. The van der Waals surface area contributed by atoms with Crippen LogP contribution in [0.4, 0.5) is 0 Å². The van der Waals surface area contributed by atoms with E-state index in [-0.39, 0.29) is 23.3 Å². The third-order valence-corrected chi connectivity index (χ3v) is 5.87. The van der Waals surface area contributed by atoms with Gasteiger partial charge in [0.25, 0.3) is 0 Å². The van der Waals surface area contributed by atoms with Crippen LogP contribution >= 0.6 is 0 Å². The van der Waals surface area contributed by atoms with Crippen molar-refractivity contribution < 1.29 is 9.32 Å². The van der Waals surface area contributed by atoms with Gasteiger partial charge in [0.2, 0.25) is 11.8 Å². The van der Waals surface area contributed by atoms with Gasteiger partial charge in [-0.25, -0.2) is 0 Å². The maximum Gasteiger partial charge on any atom is 0.229 e. The van der Waals surface area contributed by atoms with Crippen LogP contribution in [0, 0.1) is 5.41 Å². The Hall–Kier alpha value is -2.21. The number of aromatic nitrogens is 2. The smallest absolute Gasteiger partial charge is 0.229 e. The summed E-state index contributed by atoms with van der Waals surface area (Å²) in [5, 5.41) is 4.20. The molecule has 1 aromatic carbocycles. The predicted molar refractivity (Wildman–Crippen MR) is 102 cm³/mol. The molecule has 0 bridgehead atoms. The molecule has 2 fully saturated rings. The average molecular weight is 368 g/mol. The summed E-state index contributed by atoms with van der Waals surface area (Å²) in [6, 6.07) is 10.4. The zero-order valence-electron chi connectivity index (χ0n) is 16.4. The summed E-state index contributed by atoms with van der Waals surface area (Å²) in [6.45, 7) is 6.78. The number of nitrogens with zero attached hydrogens (tertiary/aromatic N) is 4. The van der Waals surface area contributed by atoms with Gasteiger partial charge in [0, 0.05) is 37.4 Å². The molecule has 27 heavy (non-hydrogen) atoms. The fraction of sp³-hybridized carbons (Fsp3) is 0.571. The molecule has 1 spiro atoms. The van der Waals surface area contributed by atoms with Crippen molar-refractivity contribution in [1.82, 2.24) is 19.9 Å². The van der Waals surface area contributed by atoms with Gasteiger partial charge in [0.1, 0.15) is 0 Å². The fourth-order valence-electron chi connectivity index (χ4n) is 4.40. The largest absolute Gasteiger partial charge is 0.341 e. The van der Waals surface area contributed by atoms with E-state index in [0.29, 0.717) is 12.3 Å². The molecule has 1 amide bonds. The molecule has 6 nitrogen and oxygen atoms in total. The molecule has 2 aliphatic heterocycles. The lowest BCUT2D eigenvalue weighted by atomic mass is 9.77. The Morgan fingerprint density at radius 3 is 2.67 bits per heavy atom. The number of benzene rings is 1.